The van der Waals surface area contributed by atoms with Crippen LogP contribution in [0.5, 0.6) is 0 Å². The van der Waals surface area contributed by atoms with Gasteiger partial charge in [0.25, 0.3) is 5.91 Å². The minimum atomic E-state index is -0.432. The number of morpholine rings is 1. The quantitative estimate of drug-likeness (QED) is 0.697. The molecular formula is C22H31BrN4O4. The normalized spacial score (nSPS) is 21.5. The number of rotatable bonds is 4. The van der Waals surface area contributed by atoms with Crippen molar-refractivity contribution in [2.45, 2.75) is 20.3 Å². The number of ether oxygens (including phenoxy) is 1. The molecule has 1 N–H and O–H groups in total. The maximum Gasteiger partial charge on any atom is 0.322 e. The second kappa shape index (κ2) is 10.5. The van der Waals surface area contributed by atoms with Crippen molar-refractivity contribution in [1.29, 1.82) is 0 Å². The van der Waals surface area contributed by atoms with Gasteiger partial charge >= 0.3 is 6.03 Å². The van der Waals surface area contributed by atoms with E-state index >= 15 is 0 Å². The molecule has 0 radical (unpaired) electrons. The van der Waals surface area contributed by atoms with E-state index in [2.05, 4.69) is 35.1 Å². The Bertz CT molecular complexity index is 818. The maximum absolute atomic E-state index is 13.3. The van der Waals surface area contributed by atoms with E-state index in [9.17, 15) is 14.4 Å². The number of piperidine rings is 1. The van der Waals surface area contributed by atoms with Gasteiger partial charge in [-0.25, -0.2) is 4.79 Å². The maximum atomic E-state index is 13.3. The lowest BCUT2D eigenvalue weighted by Crippen LogP contribution is -2.47. The fraction of sp³-hybridized carbons (Fsp3) is 0.591. The molecule has 2 atom stereocenters. The number of anilines is 1. The fourth-order valence-corrected chi connectivity index (χ4v) is 4.56. The second-order valence-electron chi connectivity index (χ2n) is 8.63. The average Bonchev–Trinajstić information content (AvgIpc) is 2.74. The molecule has 9 heteroatoms. The van der Waals surface area contributed by atoms with Crippen molar-refractivity contribution in [2.24, 2.45) is 11.8 Å². The largest absolute Gasteiger partial charge is 0.378 e. The summed E-state index contributed by atoms with van der Waals surface area (Å²) in [6.07, 6.45) is 1.10. The summed E-state index contributed by atoms with van der Waals surface area (Å²) >= 11 is 3.43. The Morgan fingerprint density at radius 3 is 2.42 bits per heavy atom. The third-order valence-electron chi connectivity index (χ3n) is 5.69. The molecule has 8 nitrogen and oxygen atoms in total. The van der Waals surface area contributed by atoms with Crippen molar-refractivity contribution in [3.8, 4) is 0 Å². The minimum Gasteiger partial charge on any atom is -0.378 e. The van der Waals surface area contributed by atoms with E-state index in [1.807, 2.05) is 4.90 Å². The van der Waals surface area contributed by atoms with Crippen LogP contribution < -0.4 is 5.32 Å². The van der Waals surface area contributed by atoms with Crippen LogP contribution in [0.3, 0.4) is 0 Å². The summed E-state index contributed by atoms with van der Waals surface area (Å²) in [7, 11) is 1.57. The van der Waals surface area contributed by atoms with E-state index in [0.717, 1.165) is 10.9 Å². The van der Waals surface area contributed by atoms with Gasteiger partial charge in [-0.05, 0) is 36.5 Å². The molecule has 2 aliphatic rings. The number of hydrogen-bond acceptors (Lipinski definition) is 4. The van der Waals surface area contributed by atoms with E-state index in [1.165, 1.54) is 4.90 Å². The van der Waals surface area contributed by atoms with Crippen LogP contribution in [-0.4, -0.2) is 85.5 Å². The monoisotopic (exact) mass is 494 g/mol. The van der Waals surface area contributed by atoms with E-state index in [-0.39, 0.29) is 18.4 Å². The van der Waals surface area contributed by atoms with Gasteiger partial charge in [0.15, 0.2) is 0 Å². The van der Waals surface area contributed by atoms with Crippen molar-refractivity contribution in [3.05, 3.63) is 28.2 Å². The van der Waals surface area contributed by atoms with Crippen LogP contribution in [0, 0.1) is 11.8 Å². The standard InChI is InChI=1S/C22H31BrN4O4/c1-15-10-16(2)13-27(12-15)21(29)18-11-17(23)4-5-19(18)24-22(30)25(3)14-20(28)26-6-8-31-9-7-26/h4-5,11,15-16H,6-10,12-14H2,1-3H3,(H,24,30)/t15-,16+. The molecule has 2 aliphatic heterocycles. The lowest BCUT2D eigenvalue weighted by molar-refractivity contribution is -0.135. The first kappa shape index (κ1) is 23.5. The van der Waals surface area contributed by atoms with Crippen LogP contribution in [0.1, 0.15) is 30.6 Å². The average molecular weight is 495 g/mol. The predicted octanol–water partition coefficient (Wildman–Crippen LogP) is 2.89. The molecule has 3 rings (SSSR count). The van der Waals surface area contributed by atoms with Gasteiger partial charge in [-0.3, -0.25) is 9.59 Å². The number of nitrogens with one attached hydrogen (secondary N) is 1. The third kappa shape index (κ3) is 6.20. The second-order valence-corrected chi connectivity index (χ2v) is 9.54. The topological polar surface area (TPSA) is 82.2 Å². The molecule has 0 bridgehead atoms. The SMILES string of the molecule is C[C@@H]1C[C@H](C)CN(C(=O)c2cc(Br)ccc2NC(=O)N(C)CC(=O)N2CCOCC2)C1. The highest BCUT2D eigenvalue weighted by atomic mass is 79.9. The highest BCUT2D eigenvalue weighted by Gasteiger charge is 2.28. The minimum absolute atomic E-state index is 0.0349. The van der Waals surface area contributed by atoms with Crippen molar-refractivity contribution in [2.75, 3.05) is 58.3 Å². The lowest BCUT2D eigenvalue weighted by atomic mass is 9.91. The summed E-state index contributed by atoms with van der Waals surface area (Å²) < 4.78 is 6.03. The third-order valence-corrected chi connectivity index (χ3v) is 6.19. The summed E-state index contributed by atoms with van der Waals surface area (Å²) in [5, 5.41) is 2.81. The predicted molar refractivity (Wildman–Crippen MR) is 122 cm³/mol. The van der Waals surface area contributed by atoms with Gasteiger partial charge in [0.05, 0.1) is 24.5 Å². The first-order valence-corrected chi connectivity index (χ1v) is 11.5. The van der Waals surface area contributed by atoms with Crippen LogP contribution >= 0.6 is 15.9 Å². The molecule has 31 heavy (non-hydrogen) atoms. The number of halogens is 1. The molecule has 0 aliphatic carbocycles. The Balaban J connectivity index is 1.68. The molecule has 2 saturated heterocycles. The zero-order valence-electron chi connectivity index (χ0n) is 18.4. The van der Waals surface area contributed by atoms with Crippen molar-refractivity contribution in [1.82, 2.24) is 14.7 Å². The van der Waals surface area contributed by atoms with E-state index in [4.69, 9.17) is 4.74 Å². The number of hydrogen-bond donors (Lipinski definition) is 1. The van der Waals surface area contributed by atoms with Crippen LogP contribution in [0.15, 0.2) is 22.7 Å². The number of amides is 4. The van der Waals surface area contributed by atoms with Crippen LogP contribution in [0.2, 0.25) is 0 Å². The van der Waals surface area contributed by atoms with Crippen molar-refractivity contribution >= 4 is 39.5 Å². The Kier molecular flexibility index (Phi) is 7.94. The summed E-state index contributed by atoms with van der Waals surface area (Å²) in [6.45, 7) is 7.78. The number of nitrogens with zero attached hydrogens (tertiary/aromatic N) is 3. The van der Waals surface area contributed by atoms with Gasteiger partial charge in [-0.15, -0.1) is 0 Å². The van der Waals surface area contributed by atoms with Gasteiger partial charge in [0.2, 0.25) is 5.91 Å². The molecule has 0 spiro atoms. The lowest BCUT2D eigenvalue weighted by Gasteiger charge is -2.35. The molecule has 2 fully saturated rings. The van der Waals surface area contributed by atoms with Gasteiger partial charge in [-0.2, -0.15) is 0 Å². The number of carbonyl (C=O) groups is 3. The van der Waals surface area contributed by atoms with Crippen LogP contribution in [0.4, 0.5) is 10.5 Å². The van der Waals surface area contributed by atoms with E-state index in [0.29, 0.717) is 62.5 Å². The van der Waals surface area contributed by atoms with Crippen molar-refractivity contribution < 1.29 is 19.1 Å². The van der Waals surface area contributed by atoms with Crippen LogP contribution in [-0.2, 0) is 9.53 Å². The number of benzene rings is 1. The van der Waals surface area contributed by atoms with Gasteiger partial charge < -0.3 is 24.8 Å². The molecular weight excluding hydrogens is 464 g/mol. The summed E-state index contributed by atoms with van der Waals surface area (Å²) in [6, 6.07) is 4.80. The summed E-state index contributed by atoms with van der Waals surface area (Å²) in [4.78, 5) is 43.3. The zero-order valence-corrected chi connectivity index (χ0v) is 20.0. The molecule has 0 saturated carbocycles. The Morgan fingerprint density at radius 1 is 1.13 bits per heavy atom. The molecule has 0 aromatic heterocycles. The van der Waals surface area contributed by atoms with E-state index < -0.39 is 6.03 Å². The number of urea groups is 1. The highest BCUT2D eigenvalue weighted by molar-refractivity contribution is 9.10. The van der Waals surface area contributed by atoms with Crippen molar-refractivity contribution in [3.63, 3.8) is 0 Å². The Labute approximate surface area is 192 Å². The molecule has 1 aromatic rings. The molecule has 170 valence electrons. The van der Waals surface area contributed by atoms with Gasteiger partial charge in [0, 0.05) is 37.7 Å². The number of likely N-dealkylation sites (tertiary alicyclic amines) is 1. The first-order valence-electron chi connectivity index (χ1n) is 10.7. The summed E-state index contributed by atoms with van der Waals surface area (Å²) in [5.41, 5.74) is 0.881. The first-order chi connectivity index (χ1) is 14.7. The molecule has 2 heterocycles. The molecule has 4 amide bonds. The molecule has 0 unspecified atom stereocenters. The van der Waals surface area contributed by atoms with Gasteiger partial charge in [-0.1, -0.05) is 29.8 Å². The van der Waals surface area contributed by atoms with Crippen LogP contribution in [0.25, 0.3) is 0 Å². The zero-order chi connectivity index (χ0) is 22.5. The summed E-state index contributed by atoms with van der Waals surface area (Å²) in [5.74, 6) is 0.664. The Morgan fingerprint density at radius 2 is 1.77 bits per heavy atom. The molecule has 1 aromatic carbocycles. The Hall–Kier alpha value is -2.13. The number of likely N-dealkylation sites (N-methyl/N-ethyl adjacent to an activating group) is 1. The fourth-order valence-electron chi connectivity index (χ4n) is 4.20. The van der Waals surface area contributed by atoms with Gasteiger partial charge in [0.1, 0.15) is 6.54 Å². The highest BCUT2D eigenvalue weighted by Crippen LogP contribution is 2.27. The van der Waals surface area contributed by atoms with E-state index in [1.54, 1.807) is 30.1 Å². The number of carbonyl (C=O) groups excluding carboxylic acids is 3. The smallest absolute Gasteiger partial charge is 0.322 e.